The Labute approximate surface area is 212 Å². The molecule has 3 rings (SSSR count). The Balaban J connectivity index is 1.71. The van der Waals surface area contributed by atoms with Crippen molar-refractivity contribution in [2.24, 2.45) is 11.8 Å². The van der Waals surface area contributed by atoms with Crippen molar-refractivity contribution in [1.29, 1.82) is 0 Å². The fourth-order valence-electron chi connectivity index (χ4n) is 4.92. The predicted octanol–water partition coefficient (Wildman–Crippen LogP) is 3.45. The van der Waals surface area contributed by atoms with E-state index >= 15 is 0 Å². The predicted molar refractivity (Wildman–Crippen MR) is 135 cm³/mol. The normalized spacial score (nSPS) is 19.1. The van der Waals surface area contributed by atoms with Gasteiger partial charge in [0.25, 0.3) is 11.1 Å². The largest absolute Gasteiger partial charge is 0.408 e. The number of aromatic nitrogens is 2. The molecule has 2 saturated carbocycles. The summed E-state index contributed by atoms with van der Waals surface area (Å²) >= 11 is 1.40. The summed E-state index contributed by atoms with van der Waals surface area (Å²) in [5.41, 5.74) is -0.963. The molecule has 2 aliphatic carbocycles. The van der Waals surface area contributed by atoms with E-state index in [1.54, 1.807) is 0 Å². The SMILES string of the molecule is CC(C)CC(NC(=O)C1(NC(=O)C2CCCC2)CCCCC1)C(=O)c1nnc(SCCN(C)C)o1. The Kier molecular flexibility index (Phi) is 10.1. The molecule has 1 atom stereocenters. The number of nitrogens with zero attached hydrogens (tertiary/aromatic N) is 3. The first-order valence-electron chi connectivity index (χ1n) is 13.0. The standard InChI is InChI=1S/C25H41N5O4S/c1-17(2)16-19(20(31)22-28-29-24(34-22)35-15-14-30(3)4)26-23(33)25(12-8-5-9-13-25)27-21(32)18-10-6-7-11-18/h17-19H,5-16H2,1-4H3,(H,26,33)(H,27,32). The summed E-state index contributed by atoms with van der Waals surface area (Å²) in [6.45, 7) is 4.85. The summed E-state index contributed by atoms with van der Waals surface area (Å²) in [5.74, 6) is 0.138. The number of thioether (sulfide) groups is 1. The van der Waals surface area contributed by atoms with Crippen LogP contribution in [0.25, 0.3) is 0 Å². The van der Waals surface area contributed by atoms with Crippen molar-refractivity contribution >= 4 is 29.4 Å². The molecule has 0 aromatic carbocycles. The van der Waals surface area contributed by atoms with Crippen LogP contribution in [0.2, 0.25) is 0 Å². The smallest absolute Gasteiger partial charge is 0.286 e. The summed E-state index contributed by atoms with van der Waals surface area (Å²) in [5, 5.41) is 14.4. The number of Topliss-reactive ketones (excluding diaryl/α,β-unsaturated/α-hetero) is 1. The lowest BCUT2D eigenvalue weighted by Crippen LogP contribution is -2.62. The second-order valence-corrected chi connectivity index (χ2v) is 11.7. The van der Waals surface area contributed by atoms with Crippen molar-refractivity contribution in [2.45, 2.75) is 94.9 Å². The fraction of sp³-hybridized carbons (Fsp3) is 0.800. The molecule has 1 aromatic rings. The van der Waals surface area contributed by atoms with E-state index in [4.69, 9.17) is 4.42 Å². The number of rotatable bonds is 12. The van der Waals surface area contributed by atoms with E-state index in [0.717, 1.165) is 57.2 Å². The minimum Gasteiger partial charge on any atom is -0.408 e. The van der Waals surface area contributed by atoms with E-state index in [1.165, 1.54) is 11.8 Å². The Bertz CT molecular complexity index is 860. The third-order valence-electron chi connectivity index (χ3n) is 6.94. The van der Waals surface area contributed by atoms with Crippen molar-refractivity contribution in [3.8, 4) is 0 Å². The first-order valence-corrected chi connectivity index (χ1v) is 14.0. The van der Waals surface area contributed by atoms with Gasteiger partial charge in [-0.25, -0.2) is 0 Å². The molecule has 2 N–H and O–H groups in total. The van der Waals surface area contributed by atoms with Gasteiger partial charge in [-0.2, -0.15) is 0 Å². The number of hydrogen-bond donors (Lipinski definition) is 2. The maximum atomic E-state index is 13.7. The molecular weight excluding hydrogens is 466 g/mol. The molecular formula is C25H41N5O4S. The van der Waals surface area contributed by atoms with Gasteiger partial charge in [-0.05, 0) is 52.1 Å². The van der Waals surface area contributed by atoms with Crippen LogP contribution in [0.5, 0.6) is 0 Å². The lowest BCUT2D eigenvalue weighted by atomic mass is 9.80. The molecule has 1 heterocycles. The minimum absolute atomic E-state index is 0.0171. The highest BCUT2D eigenvalue weighted by atomic mass is 32.2. The van der Waals surface area contributed by atoms with Crippen LogP contribution < -0.4 is 10.6 Å². The third-order valence-corrected chi connectivity index (χ3v) is 7.74. The topological polar surface area (TPSA) is 117 Å². The summed E-state index contributed by atoms with van der Waals surface area (Å²) in [6.07, 6.45) is 8.29. The van der Waals surface area contributed by atoms with E-state index in [2.05, 4.69) is 25.7 Å². The van der Waals surface area contributed by atoms with Crippen molar-refractivity contribution in [3.63, 3.8) is 0 Å². The Morgan fingerprint density at radius 3 is 2.40 bits per heavy atom. The molecule has 2 fully saturated rings. The highest BCUT2D eigenvalue weighted by Gasteiger charge is 2.44. The minimum atomic E-state index is -0.963. The monoisotopic (exact) mass is 507 g/mol. The summed E-state index contributed by atoms with van der Waals surface area (Å²) in [4.78, 5) is 42.0. The molecule has 9 nitrogen and oxygen atoms in total. The Morgan fingerprint density at radius 2 is 1.77 bits per heavy atom. The molecule has 0 spiro atoms. The molecule has 10 heteroatoms. The van der Waals surface area contributed by atoms with Crippen LogP contribution in [0.15, 0.2) is 9.64 Å². The zero-order valence-electron chi connectivity index (χ0n) is 21.6. The van der Waals surface area contributed by atoms with Crippen molar-refractivity contribution in [1.82, 2.24) is 25.7 Å². The van der Waals surface area contributed by atoms with Crippen molar-refractivity contribution < 1.29 is 18.8 Å². The molecule has 2 amide bonds. The number of carbonyl (C=O) groups excluding carboxylic acids is 3. The zero-order chi connectivity index (χ0) is 25.4. The van der Waals surface area contributed by atoms with Gasteiger partial charge < -0.3 is 20.0 Å². The number of amides is 2. The lowest BCUT2D eigenvalue weighted by Gasteiger charge is -2.38. The maximum absolute atomic E-state index is 13.7. The van der Waals surface area contributed by atoms with Gasteiger partial charge in [0.2, 0.25) is 17.6 Å². The molecule has 0 aliphatic heterocycles. The van der Waals surface area contributed by atoms with Gasteiger partial charge in [0.1, 0.15) is 5.54 Å². The molecule has 1 unspecified atom stereocenters. The van der Waals surface area contributed by atoms with E-state index in [9.17, 15) is 14.4 Å². The van der Waals surface area contributed by atoms with Gasteiger partial charge in [-0.15, -0.1) is 10.2 Å². The number of hydrogen-bond acceptors (Lipinski definition) is 8. The highest BCUT2D eigenvalue weighted by molar-refractivity contribution is 7.99. The quantitative estimate of drug-likeness (QED) is 0.326. The van der Waals surface area contributed by atoms with Gasteiger partial charge in [-0.1, -0.05) is 57.7 Å². The first kappa shape index (κ1) is 27.6. The van der Waals surface area contributed by atoms with Crippen LogP contribution in [0.1, 0.15) is 88.7 Å². The number of carbonyl (C=O) groups is 3. The van der Waals surface area contributed by atoms with Crippen LogP contribution in [-0.4, -0.2) is 70.7 Å². The average Bonchev–Trinajstić information content (AvgIpc) is 3.51. The maximum Gasteiger partial charge on any atom is 0.286 e. The molecule has 35 heavy (non-hydrogen) atoms. The second kappa shape index (κ2) is 12.9. The van der Waals surface area contributed by atoms with Gasteiger partial charge in [0.05, 0.1) is 6.04 Å². The van der Waals surface area contributed by atoms with Gasteiger partial charge in [0.15, 0.2) is 0 Å². The van der Waals surface area contributed by atoms with Crippen LogP contribution in [0.4, 0.5) is 0 Å². The van der Waals surface area contributed by atoms with Crippen LogP contribution in [0.3, 0.4) is 0 Å². The number of ketones is 1. The van der Waals surface area contributed by atoms with Crippen molar-refractivity contribution in [3.05, 3.63) is 5.89 Å². The van der Waals surface area contributed by atoms with Gasteiger partial charge in [-0.3, -0.25) is 14.4 Å². The molecule has 0 radical (unpaired) electrons. The molecule has 0 bridgehead atoms. The van der Waals surface area contributed by atoms with Crippen LogP contribution in [0, 0.1) is 11.8 Å². The van der Waals surface area contributed by atoms with Crippen LogP contribution >= 0.6 is 11.8 Å². The third kappa shape index (κ3) is 7.77. The lowest BCUT2D eigenvalue weighted by molar-refractivity contribution is -0.137. The van der Waals surface area contributed by atoms with Gasteiger partial charge in [0, 0.05) is 18.2 Å². The highest BCUT2D eigenvalue weighted by Crippen LogP contribution is 2.32. The van der Waals surface area contributed by atoms with Gasteiger partial charge >= 0.3 is 0 Å². The first-order chi connectivity index (χ1) is 16.7. The Morgan fingerprint density at radius 1 is 1.09 bits per heavy atom. The van der Waals surface area contributed by atoms with Crippen molar-refractivity contribution in [2.75, 3.05) is 26.4 Å². The summed E-state index contributed by atoms with van der Waals surface area (Å²) in [6, 6.07) is -0.787. The molecule has 196 valence electrons. The average molecular weight is 508 g/mol. The fourth-order valence-corrected chi connectivity index (χ4v) is 5.79. The van der Waals surface area contributed by atoms with E-state index < -0.39 is 11.6 Å². The summed E-state index contributed by atoms with van der Waals surface area (Å²) in [7, 11) is 3.97. The molecule has 1 aromatic heterocycles. The molecule has 0 saturated heterocycles. The van der Waals surface area contributed by atoms with E-state index in [1.807, 2.05) is 27.9 Å². The van der Waals surface area contributed by atoms with E-state index in [-0.39, 0.29) is 35.3 Å². The Hall–Kier alpha value is -1.94. The molecule has 2 aliphatic rings. The summed E-state index contributed by atoms with van der Waals surface area (Å²) < 4.78 is 5.63. The zero-order valence-corrected chi connectivity index (χ0v) is 22.4. The second-order valence-electron chi connectivity index (χ2n) is 10.7. The van der Waals surface area contributed by atoms with E-state index in [0.29, 0.717) is 24.5 Å². The van der Waals surface area contributed by atoms with Crippen LogP contribution in [-0.2, 0) is 9.59 Å². The number of nitrogens with one attached hydrogen (secondary N) is 2.